The first-order chi connectivity index (χ1) is 6.58. The zero-order valence-corrected chi connectivity index (χ0v) is 10.1. The summed E-state index contributed by atoms with van der Waals surface area (Å²) < 4.78 is 31.4. The first kappa shape index (κ1) is 11.4. The van der Waals surface area contributed by atoms with Gasteiger partial charge < -0.3 is 5.11 Å². The van der Waals surface area contributed by atoms with Crippen LogP contribution >= 0.6 is 0 Å². The highest BCUT2D eigenvalue weighted by atomic mass is 32.2. The van der Waals surface area contributed by atoms with Crippen LogP contribution in [0.25, 0.3) is 0 Å². The Labute approximate surface area is 90.4 Å². The number of hydrogen-bond acceptors (Lipinski definition) is 3. The zero-order chi connectivity index (χ0) is 11.6. The van der Waals surface area contributed by atoms with Crippen LogP contribution in [0.2, 0.25) is 0 Å². The van der Waals surface area contributed by atoms with E-state index in [4.69, 9.17) is 4.55 Å². The Hall–Kier alpha value is -0.130. The molecule has 0 aromatic rings. The lowest BCUT2D eigenvalue weighted by Crippen LogP contribution is -2.67. The van der Waals surface area contributed by atoms with Crippen molar-refractivity contribution in [1.29, 1.82) is 0 Å². The van der Waals surface area contributed by atoms with E-state index in [2.05, 4.69) is 13.8 Å². The summed E-state index contributed by atoms with van der Waals surface area (Å²) >= 11 is 0. The minimum Gasteiger partial charge on any atom is -0.388 e. The second kappa shape index (κ2) is 2.76. The minimum atomic E-state index is -4.14. The average molecular weight is 234 g/mol. The van der Waals surface area contributed by atoms with Crippen LogP contribution in [-0.4, -0.2) is 28.9 Å². The topological polar surface area (TPSA) is 74.6 Å². The van der Waals surface area contributed by atoms with Crippen LogP contribution in [0.5, 0.6) is 0 Å². The second-order valence-electron chi connectivity index (χ2n) is 5.77. The largest absolute Gasteiger partial charge is 0.388 e. The summed E-state index contributed by atoms with van der Waals surface area (Å²) in [4.78, 5) is 0. The normalized spacial score (nSPS) is 48.5. The lowest BCUT2D eigenvalue weighted by Gasteiger charge is -2.64. The van der Waals surface area contributed by atoms with Gasteiger partial charge in [0.25, 0.3) is 10.1 Å². The molecule has 4 atom stereocenters. The molecule has 0 amide bonds. The maximum atomic E-state index is 11.2. The van der Waals surface area contributed by atoms with E-state index in [1.807, 2.05) is 0 Å². The van der Waals surface area contributed by atoms with Crippen LogP contribution in [0.4, 0.5) is 0 Å². The fourth-order valence-corrected chi connectivity index (χ4v) is 4.80. The molecule has 0 aliphatic heterocycles. The quantitative estimate of drug-likeness (QED) is 0.665. The van der Waals surface area contributed by atoms with E-state index in [1.54, 1.807) is 0 Å². The smallest absolute Gasteiger partial charge is 0.270 e. The van der Waals surface area contributed by atoms with Crippen molar-refractivity contribution in [3.8, 4) is 0 Å². The summed E-state index contributed by atoms with van der Waals surface area (Å²) in [5.41, 5.74) is -1.31. The molecule has 4 unspecified atom stereocenters. The zero-order valence-electron chi connectivity index (χ0n) is 9.27. The van der Waals surface area contributed by atoms with Crippen molar-refractivity contribution in [2.45, 2.75) is 44.5 Å². The molecule has 3 aliphatic carbocycles. The Morgan fingerprint density at radius 3 is 2.07 bits per heavy atom. The Balaban J connectivity index is 2.37. The van der Waals surface area contributed by atoms with Gasteiger partial charge in [-0.25, -0.2) is 0 Å². The maximum absolute atomic E-state index is 11.2. The SMILES string of the molecule is CC1(C)C2CC1C(C)(O)C(S(=O)(=O)O)C2. The third-order valence-corrected chi connectivity index (χ3v) is 6.07. The molecule has 0 heterocycles. The molecule has 4 nitrogen and oxygen atoms in total. The predicted molar refractivity (Wildman–Crippen MR) is 56.0 cm³/mol. The first-order valence-corrected chi connectivity index (χ1v) is 6.77. The lowest BCUT2D eigenvalue weighted by molar-refractivity contribution is -0.190. The van der Waals surface area contributed by atoms with Crippen LogP contribution < -0.4 is 0 Å². The van der Waals surface area contributed by atoms with Gasteiger partial charge >= 0.3 is 0 Å². The molecular formula is C10H18O4S. The van der Waals surface area contributed by atoms with Crippen molar-refractivity contribution >= 4 is 10.1 Å². The summed E-state index contributed by atoms with van der Waals surface area (Å²) in [5, 5.41) is 9.26. The molecule has 2 bridgehead atoms. The lowest BCUT2D eigenvalue weighted by atomic mass is 9.44. The highest BCUT2D eigenvalue weighted by molar-refractivity contribution is 7.86. The Kier molecular flexibility index (Phi) is 2.09. The summed E-state index contributed by atoms with van der Waals surface area (Å²) in [6.07, 6.45) is 1.24. The molecule has 3 fully saturated rings. The van der Waals surface area contributed by atoms with Crippen LogP contribution in [0.3, 0.4) is 0 Å². The summed E-state index contributed by atoms with van der Waals surface area (Å²) in [5.74, 6) is 0.269. The van der Waals surface area contributed by atoms with Gasteiger partial charge in [0.1, 0.15) is 5.25 Å². The van der Waals surface area contributed by atoms with Crippen LogP contribution in [0, 0.1) is 17.3 Å². The molecule has 3 aliphatic rings. The highest BCUT2D eigenvalue weighted by Gasteiger charge is 2.65. The Morgan fingerprint density at radius 2 is 1.73 bits per heavy atom. The van der Waals surface area contributed by atoms with Crippen LogP contribution in [-0.2, 0) is 10.1 Å². The average Bonchev–Trinajstić information content (AvgIpc) is 1.98. The van der Waals surface area contributed by atoms with Crippen LogP contribution in [0.1, 0.15) is 33.6 Å². The molecule has 0 aromatic heterocycles. The van der Waals surface area contributed by atoms with Gasteiger partial charge in [0.15, 0.2) is 0 Å². The molecule has 15 heavy (non-hydrogen) atoms. The molecule has 0 radical (unpaired) electrons. The van der Waals surface area contributed by atoms with Gasteiger partial charge in [-0.15, -0.1) is 0 Å². The number of fused-ring (bicyclic) bond motifs is 2. The van der Waals surface area contributed by atoms with Gasteiger partial charge in [-0.3, -0.25) is 4.55 Å². The molecule has 2 N–H and O–H groups in total. The van der Waals surface area contributed by atoms with Crippen molar-refractivity contribution in [2.75, 3.05) is 0 Å². The second-order valence-corrected chi connectivity index (χ2v) is 7.37. The van der Waals surface area contributed by atoms with Gasteiger partial charge in [0.2, 0.25) is 0 Å². The molecule has 0 spiro atoms. The van der Waals surface area contributed by atoms with Gasteiger partial charge in [0.05, 0.1) is 5.60 Å². The number of aliphatic hydroxyl groups is 1. The summed E-state index contributed by atoms with van der Waals surface area (Å²) in [6.45, 7) is 5.65. The van der Waals surface area contributed by atoms with Crippen molar-refractivity contribution in [1.82, 2.24) is 0 Å². The van der Waals surface area contributed by atoms with Crippen molar-refractivity contribution in [3.63, 3.8) is 0 Å². The summed E-state index contributed by atoms with van der Waals surface area (Å²) in [7, 11) is -4.14. The molecular weight excluding hydrogens is 216 g/mol. The summed E-state index contributed by atoms with van der Waals surface area (Å²) in [6, 6.07) is 0. The molecule has 88 valence electrons. The van der Waals surface area contributed by atoms with Gasteiger partial charge in [-0.1, -0.05) is 13.8 Å². The Morgan fingerprint density at radius 1 is 1.20 bits per heavy atom. The van der Waals surface area contributed by atoms with Crippen molar-refractivity contribution < 1.29 is 18.1 Å². The predicted octanol–water partition coefficient (Wildman–Crippen LogP) is 1.06. The standard InChI is InChI=1S/C10H18O4S/c1-9(2)6-4-7(9)10(3,11)8(5-6)15(12,13)14/h6-8,11H,4-5H2,1-3H3,(H,12,13,14). The van der Waals surface area contributed by atoms with E-state index in [9.17, 15) is 13.5 Å². The van der Waals surface area contributed by atoms with Gasteiger partial charge in [-0.2, -0.15) is 8.42 Å². The molecule has 0 aromatic carbocycles. The van der Waals surface area contributed by atoms with Gasteiger partial charge in [-0.05, 0) is 37.0 Å². The monoisotopic (exact) mass is 234 g/mol. The number of rotatable bonds is 1. The highest BCUT2D eigenvalue weighted by Crippen LogP contribution is 2.63. The third-order valence-electron chi connectivity index (χ3n) is 4.69. The van der Waals surface area contributed by atoms with Crippen molar-refractivity contribution in [3.05, 3.63) is 0 Å². The first-order valence-electron chi connectivity index (χ1n) is 5.26. The van der Waals surface area contributed by atoms with Crippen molar-refractivity contribution in [2.24, 2.45) is 17.3 Å². The van der Waals surface area contributed by atoms with E-state index < -0.39 is 21.0 Å². The minimum absolute atomic E-state index is 0.00924. The Bertz CT molecular complexity index is 382. The fraction of sp³-hybridized carbons (Fsp3) is 1.00. The van der Waals surface area contributed by atoms with E-state index in [-0.39, 0.29) is 11.3 Å². The van der Waals surface area contributed by atoms with E-state index in [0.29, 0.717) is 12.3 Å². The molecule has 3 saturated carbocycles. The van der Waals surface area contributed by atoms with E-state index >= 15 is 0 Å². The van der Waals surface area contributed by atoms with E-state index in [1.165, 1.54) is 6.92 Å². The molecule has 0 saturated heterocycles. The third kappa shape index (κ3) is 1.36. The number of hydrogen-bond donors (Lipinski definition) is 2. The van der Waals surface area contributed by atoms with Gasteiger partial charge in [0, 0.05) is 0 Å². The molecule has 5 heteroatoms. The van der Waals surface area contributed by atoms with Crippen LogP contribution in [0.15, 0.2) is 0 Å². The molecule has 3 rings (SSSR count). The maximum Gasteiger partial charge on any atom is 0.270 e. The van der Waals surface area contributed by atoms with E-state index in [0.717, 1.165) is 6.42 Å². The fourth-order valence-electron chi connectivity index (χ4n) is 3.55.